The van der Waals surface area contributed by atoms with Gasteiger partial charge in [0.05, 0.1) is 27.3 Å². The molecular formula is C21H28BN2O3P. The molecule has 1 atom stereocenters. The molecule has 0 spiro atoms. The molecule has 1 aromatic heterocycles. The van der Waals surface area contributed by atoms with E-state index in [0.717, 1.165) is 11.3 Å². The van der Waals surface area contributed by atoms with Gasteiger partial charge in [0.2, 0.25) is 0 Å². The lowest BCUT2D eigenvalue weighted by molar-refractivity contribution is -0.653. The second kappa shape index (κ2) is 9.08. The van der Waals surface area contributed by atoms with E-state index in [4.69, 9.17) is 9.05 Å². The minimum atomic E-state index is -3.32. The van der Waals surface area contributed by atoms with Gasteiger partial charge in [-0.25, -0.2) is 0 Å². The van der Waals surface area contributed by atoms with Gasteiger partial charge in [0.25, 0.3) is 7.60 Å². The molecule has 1 unspecified atom stereocenters. The summed E-state index contributed by atoms with van der Waals surface area (Å²) in [5.41, 5.74) is 1.69. The highest BCUT2D eigenvalue weighted by Gasteiger charge is 2.29. The number of aryl methyl sites for hydroxylation is 2. The minimum Gasteiger partial charge on any atom is -0.311 e. The molecule has 0 aliphatic carbocycles. The number of benzene rings is 2. The molecule has 3 rings (SSSR count). The SMILES string of the molecule is CCOP(=O)(OCC)C([B-]c1n(C)cc[n+]1C)Cc1ccc2ccccc2c1. The second-order valence-corrected chi connectivity index (χ2v) is 9.13. The number of hydrogen-bond acceptors (Lipinski definition) is 3. The number of rotatable bonds is 9. The van der Waals surface area contributed by atoms with Crippen LogP contribution in [0.3, 0.4) is 0 Å². The van der Waals surface area contributed by atoms with E-state index in [1.54, 1.807) is 0 Å². The van der Waals surface area contributed by atoms with Crippen LogP contribution in [0, 0.1) is 0 Å². The summed E-state index contributed by atoms with van der Waals surface area (Å²) in [5, 5.41) is 2.37. The molecule has 0 amide bonds. The Morgan fingerprint density at radius 3 is 2.39 bits per heavy atom. The van der Waals surface area contributed by atoms with Gasteiger partial charge in [-0.2, -0.15) is 7.28 Å². The highest BCUT2D eigenvalue weighted by Crippen LogP contribution is 2.53. The van der Waals surface area contributed by atoms with Crippen LogP contribution in [0.25, 0.3) is 10.8 Å². The average Bonchev–Trinajstić information content (AvgIpc) is 2.99. The van der Waals surface area contributed by atoms with E-state index in [-0.39, 0.29) is 5.56 Å². The third kappa shape index (κ3) is 4.57. The first-order valence-corrected chi connectivity index (χ1v) is 11.3. The summed E-state index contributed by atoms with van der Waals surface area (Å²) in [7, 11) is 2.65. The van der Waals surface area contributed by atoms with Gasteiger partial charge in [-0.05, 0) is 30.2 Å². The van der Waals surface area contributed by atoms with Crippen LogP contribution in [0.15, 0.2) is 54.9 Å². The predicted octanol–water partition coefficient (Wildman–Crippen LogP) is 3.17. The maximum atomic E-state index is 13.6. The van der Waals surface area contributed by atoms with Crippen molar-refractivity contribution in [3.63, 3.8) is 0 Å². The Labute approximate surface area is 168 Å². The molecule has 5 nitrogen and oxygen atoms in total. The fourth-order valence-electron chi connectivity index (χ4n) is 3.47. The van der Waals surface area contributed by atoms with Gasteiger partial charge in [0, 0.05) is 5.72 Å². The van der Waals surface area contributed by atoms with Crippen LogP contribution in [0.5, 0.6) is 0 Å². The summed E-state index contributed by atoms with van der Waals surface area (Å²) >= 11 is 0. The lowest BCUT2D eigenvalue weighted by Gasteiger charge is -2.34. The van der Waals surface area contributed by atoms with Crippen molar-refractivity contribution < 1.29 is 18.2 Å². The van der Waals surface area contributed by atoms with Gasteiger partial charge in [0.15, 0.2) is 0 Å². The lowest BCUT2D eigenvalue weighted by Crippen LogP contribution is -2.53. The molecule has 2 aromatic carbocycles. The third-order valence-corrected chi connectivity index (χ3v) is 7.24. The van der Waals surface area contributed by atoms with Crippen LogP contribution in [0.2, 0.25) is 0 Å². The van der Waals surface area contributed by atoms with Crippen LogP contribution < -0.4 is 10.3 Å². The summed E-state index contributed by atoms with van der Waals surface area (Å²) < 4.78 is 29.1. The fraction of sp³-hybridized carbons (Fsp3) is 0.381. The monoisotopic (exact) mass is 398 g/mol. The van der Waals surface area contributed by atoms with Crippen LogP contribution in [0.1, 0.15) is 19.4 Å². The first kappa shape index (κ1) is 20.8. The van der Waals surface area contributed by atoms with Gasteiger partial charge < -0.3 is 9.05 Å². The van der Waals surface area contributed by atoms with Crippen molar-refractivity contribution >= 4 is 31.4 Å². The van der Waals surface area contributed by atoms with Gasteiger partial charge in [-0.1, -0.05) is 48.9 Å². The van der Waals surface area contributed by atoms with E-state index in [0.29, 0.717) is 19.6 Å². The van der Waals surface area contributed by atoms with E-state index in [9.17, 15) is 4.57 Å². The minimum absolute atomic E-state index is 0.346. The van der Waals surface area contributed by atoms with E-state index in [1.165, 1.54) is 10.8 Å². The Balaban J connectivity index is 1.97. The Hall–Kier alpha value is -1.88. The first-order chi connectivity index (χ1) is 13.5. The Morgan fingerprint density at radius 2 is 1.79 bits per heavy atom. The Kier molecular flexibility index (Phi) is 6.76. The standard InChI is InChI=1S/C21H28BN2O3P/c1-5-26-28(25,27-6-2)20(22-21-23(3)13-14-24(21)4)16-17-11-12-18-9-7-8-10-19(18)15-17/h7-15,20H,5-6,16H2,1-4H3. The number of nitrogens with zero attached hydrogens (tertiary/aromatic N) is 2. The van der Waals surface area contributed by atoms with Crippen molar-refractivity contribution in [1.29, 1.82) is 0 Å². The zero-order chi connectivity index (χ0) is 20.1. The number of hydrogen-bond donors (Lipinski definition) is 0. The van der Waals surface area contributed by atoms with E-state index < -0.39 is 7.60 Å². The predicted molar refractivity (Wildman–Crippen MR) is 114 cm³/mol. The topological polar surface area (TPSA) is 44.3 Å². The van der Waals surface area contributed by atoms with Crippen LogP contribution in [0.4, 0.5) is 0 Å². The first-order valence-electron chi connectivity index (χ1n) is 9.69. The quantitative estimate of drug-likeness (QED) is 0.316. The fourth-order valence-corrected chi connectivity index (χ4v) is 5.39. The molecular weight excluding hydrogens is 370 g/mol. The summed E-state index contributed by atoms with van der Waals surface area (Å²) in [6.07, 6.45) is 4.53. The van der Waals surface area contributed by atoms with Crippen LogP contribution >= 0.6 is 7.60 Å². The van der Waals surface area contributed by atoms with Gasteiger partial charge >= 0.3 is 0 Å². The molecule has 0 fully saturated rings. The lowest BCUT2D eigenvalue weighted by atomic mass is 9.70. The van der Waals surface area contributed by atoms with Crippen LogP contribution in [-0.4, -0.2) is 30.6 Å². The summed E-state index contributed by atoms with van der Waals surface area (Å²) in [5.74, 6) is 0. The van der Waals surface area contributed by atoms with Crippen molar-refractivity contribution in [3.05, 3.63) is 60.4 Å². The Morgan fingerprint density at radius 1 is 1.11 bits per heavy atom. The van der Waals surface area contributed by atoms with Crippen molar-refractivity contribution in [2.24, 2.45) is 14.1 Å². The maximum Gasteiger partial charge on any atom is 0.294 e. The van der Waals surface area contributed by atoms with Gasteiger partial charge in [-0.3, -0.25) is 13.7 Å². The zero-order valence-corrected chi connectivity index (χ0v) is 17.9. The molecule has 2 radical (unpaired) electrons. The smallest absolute Gasteiger partial charge is 0.294 e. The molecule has 148 valence electrons. The van der Waals surface area contributed by atoms with E-state index in [1.807, 2.05) is 68.9 Å². The van der Waals surface area contributed by atoms with E-state index in [2.05, 4.69) is 30.3 Å². The molecule has 0 saturated heterocycles. The molecule has 3 aromatic rings. The number of imidazole rings is 1. The summed E-state index contributed by atoms with van der Waals surface area (Å²) in [6, 6.07) is 14.6. The van der Waals surface area contributed by atoms with Gasteiger partial charge in [0.1, 0.15) is 12.4 Å². The highest BCUT2D eigenvalue weighted by atomic mass is 31.2. The van der Waals surface area contributed by atoms with Crippen molar-refractivity contribution in [2.75, 3.05) is 13.2 Å². The van der Waals surface area contributed by atoms with Crippen molar-refractivity contribution in [2.45, 2.75) is 25.8 Å². The summed E-state index contributed by atoms with van der Waals surface area (Å²) in [6.45, 7) is 4.39. The maximum absolute atomic E-state index is 13.6. The van der Waals surface area contributed by atoms with Crippen LogP contribution in [-0.2, 0) is 34.1 Å². The molecule has 0 saturated carbocycles. The molecule has 0 N–H and O–H groups in total. The molecule has 7 heteroatoms. The average molecular weight is 398 g/mol. The second-order valence-electron chi connectivity index (χ2n) is 6.87. The largest absolute Gasteiger partial charge is 0.311 e. The summed E-state index contributed by atoms with van der Waals surface area (Å²) in [4.78, 5) is 0. The highest BCUT2D eigenvalue weighted by molar-refractivity contribution is 7.57. The van der Waals surface area contributed by atoms with E-state index >= 15 is 0 Å². The number of aromatic nitrogens is 2. The molecule has 0 aliphatic heterocycles. The number of fused-ring (bicyclic) bond motifs is 1. The molecule has 1 heterocycles. The van der Waals surface area contributed by atoms with Gasteiger partial charge in [-0.15, -0.1) is 5.56 Å². The van der Waals surface area contributed by atoms with Crippen molar-refractivity contribution in [1.82, 2.24) is 4.57 Å². The van der Waals surface area contributed by atoms with Crippen molar-refractivity contribution in [3.8, 4) is 0 Å². The zero-order valence-electron chi connectivity index (χ0n) is 17.0. The molecule has 28 heavy (non-hydrogen) atoms. The molecule has 0 bridgehead atoms. The molecule has 0 aliphatic rings. The normalized spacial score (nSPS) is 13.1. The Bertz CT molecular complexity index is 959. The third-order valence-electron chi connectivity index (χ3n) is 4.86.